The van der Waals surface area contributed by atoms with Crippen LogP contribution in [0.25, 0.3) is 11.0 Å². The van der Waals surface area contributed by atoms with Crippen molar-refractivity contribution < 1.29 is 27.8 Å². The molecule has 2 aromatic carbocycles. The maximum atomic E-state index is 12.9. The molecule has 176 valence electrons. The lowest BCUT2D eigenvalue weighted by molar-refractivity contribution is -0.137. The van der Waals surface area contributed by atoms with Gasteiger partial charge in [-0.2, -0.15) is 13.2 Å². The van der Waals surface area contributed by atoms with Gasteiger partial charge in [0, 0.05) is 17.8 Å². The highest BCUT2D eigenvalue weighted by atomic mass is 35.5. The Hall–Kier alpha value is -3.59. The summed E-state index contributed by atoms with van der Waals surface area (Å²) in [6.45, 7) is 3.80. The summed E-state index contributed by atoms with van der Waals surface area (Å²) in [5.74, 6) is 0.0857. The van der Waals surface area contributed by atoms with Gasteiger partial charge in [0.2, 0.25) is 0 Å². The van der Waals surface area contributed by atoms with Crippen LogP contribution in [0.2, 0.25) is 5.02 Å². The normalized spacial score (nSPS) is 11.7. The Morgan fingerprint density at radius 2 is 1.91 bits per heavy atom. The Morgan fingerprint density at radius 3 is 2.59 bits per heavy atom. The largest absolute Gasteiger partial charge is 0.489 e. The van der Waals surface area contributed by atoms with Crippen LogP contribution in [0.3, 0.4) is 0 Å². The maximum Gasteiger partial charge on any atom is 0.417 e. The molecule has 6 nitrogen and oxygen atoms in total. The third kappa shape index (κ3) is 4.70. The summed E-state index contributed by atoms with van der Waals surface area (Å²) in [5, 5.41) is 9.27. The molecule has 0 unspecified atom stereocenters. The molecule has 0 spiro atoms. The molecule has 0 amide bonds. The molecule has 0 aliphatic heterocycles. The number of fused-ring (bicyclic) bond motifs is 1. The number of rotatable bonds is 6. The van der Waals surface area contributed by atoms with Crippen LogP contribution in [-0.2, 0) is 19.3 Å². The minimum absolute atomic E-state index is 0.0484. The molecule has 4 aromatic rings. The summed E-state index contributed by atoms with van der Waals surface area (Å²) in [6.07, 6.45) is -3.77. The first-order chi connectivity index (χ1) is 16.0. The SMILES string of the molecule is Cc1cc(OCc2ccccc2C(=O)O)cc2c1nc(C)n2Cc1ncc(C(F)(F)F)cc1Cl. The number of alkyl halides is 3. The van der Waals surface area contributed by atoms with Crippen LogP contribution in [0.4, 0.5) is 13.2 Å². The van der Waals surface area contributed by atoms with Crippen molar-refractivity contribution >= 4 is 28.6 Å². The molecule has 2 aromatic heterocycles. The van der Waals surface area contributed by atoms with Crippen molar-refractivity contribution in [3.8, 4) is 5.75 Å². The van der Waals surface area contributed by atoms with Gasteiger partial charge in [-0.25, -0.2) is 9.78 Å². The number of nitrogens with zero attached hydrogens (tertiary/aromatic N) is 3. The molecule has 0 fully saturated rings. The Labute approximate surface area is 197 Å². The van der Waals surface area contributed by atoms with E-state index < -0.39 is 17.7 Å². The van der Waals surface area contributed by atoms with Crippen molar-refractivity contribution in [2.45, 2.75) is 33.2 Å². The quantitative estimate of drug-likeness (QED) is 0.357. The van der Waals surface area contributed by atoms with Gasteiger partial charge in [0.25, 0.3) is 0 Å². The molecule has 0 aliphatic rings. The van der Waals surface area contributed by atoms with E-state index in [1.54, 1.807) is 41.8 Å². The van der Waals surface area contributed by atoms with Gasteiger partial charge in [-0.05, 0) is 37.6 Å². The van der Waals surface area contributed by atoms with E-state index in [0.29, 0.717) is 28.2 Å². The average molecular weight is 490 g/mol. The number of carboxylic acid groups (broad SMARTS) is 1. The van der Waals surface area contributed by atoms with E-state index in [-0.39, 0.29) is 29.4 Å². The van der Waals surface area contributed by atoms with Gasteiger partial charge in [-0.15, -0.1) is 0 Å². The topological polar surface area (TPSA) is 77.2 Å². The monoisotopic (exact) mass is 489 g/mol. The van der Waals surface area contributed by atoms with Crippen LogP contribution in [0.5, 0.6) is 5.75 Å². The molecule has 0 atom stereocenters. The van der Waals surface area contributed by atoms with Gasteiger partial charge in [-0.1, -0.05) is 29.8 Å². The Balaban J connectivity index is 1.66. The molecule has 10 heteroatoms. The number of ether oxygens (including phenoxy) is 1. The van der Waals surface area contributed by atoms with E-state index in [2.05, 4.69) is 9.97 Å². The molecule has 0 bridgehead atoms. The van der Waals surface area contributed by atoms with Gasteiger partial charge >= 0.3 is 12.1 Å². The fraction of sp³-hybridized carbons (Fsp3) is 0.208. The molecule has 0 radical (unpaired) electrons. The third-order valence-corrected chi connectivity index (χ3v) is 5.73. The van der Waals surface area contributed by atoms with Crippen molar-refractivity contribution in [2.24, 2.45) is 0 Å². The molecule has 0 aliphatic carbocycles. The summed E-state index contributed by atoms with van der Waals surface area (Å²) >= 11 is 6.11. The third-order valence-electron chi connectivity index (χ3n) is 5.40. The van der Waals surface area contributed by atoms with Crippen LogP contribution in [0.15, 0.2) is 48.7 Å². The van der Waals surface area contributed by atoms with Crippen molar-refractivity contribution in [2.75, 3.05) is 0 Å². The van der Waals surface area contributed by atoms with Crippen LogP contribution in [0, 0.1) is 13.8 Å². The van der Waals surface area contributed by atoms with Crippen LogP contribution < -0.4 is 4.74 Å². The maximum absolute atomic E-state index is 12.9. The zero-order valence-corrected chi connectivity index (χ0v) is 18.9. The minimum Gasteiger partial charge on any atom is -0.489 e. The number of halogens is 4. The van der Waals surface area contributed by atoms with E-state index in [9.17, 15) is 23.1 Å². The summed E-state index contributed by atoms with van der Waals surface area (Å²) in [4.78, 5) is 19.9. The van der Waals surface area contributed by atoms with Crippen LogP contribution in [-0.4, -0.2) is 25.6 Å². The summed E-state index contributed by atoms with van der Waals surface area (Å²) in [5.41, 5.74) is 2.27. The standard InChI is InChI=1S/C24H19ClF3N3O3/c1-13-7-17(34-12-15-5-3-4-6-18(15)23(32)33)9-21-22(13)30-14(2)31(21)11-20-19(25)8-16(10-29-20)24(26,27)28/h3-10H,11-12H2,1-2H3,(H,32,33). The van der Waals surface area contributed by atoms with Gasteiger partial charge in [0.15, 0.2) is 0 Å². The second-order valence-electron chi connectivity index (χ2n) is 7.75. The van der Waals surface area contributed by atoms with Gasteiger partial charge < -0.3 is 14.4 Å². The van der Waals surface area contributed by atoms with Gasteiger partial charge in [0.1, 0.15) is 18.2 Å². The molecular weight excluding hydrogens is 471 g/mol. The zero-order valence-electron chi connectivity index (χ0n) is 18.2. The smallest absolute Gasteiger partial charge is 0.417 e. The number of benzene rings is 2. The molecule has 0 saturated carbocycles. The Kier molecular flexibility index (Phi) is 6.22. The lowest BCUT2D eigenvalue weighted by Gasteiger charge is -2.13. The van der Waals surface area contributed by atoms with Crippen molar-refractivity contribution in [3.63, 3.8) is 0 Å². The number of aromatic carboxylic acids is 1. The number of imidazole rings is 1. The first-order valence-electron chi connectivity index (χ1n) is 10.2. The van der Waals surface area contributed by atoms with Crippen LogP contribution >= 0.6 is 11.6 Å². The van der Waals surface area contributed by atoms with Gasteiger partial charge in [-0.3, -0.25) is 4.98 Å². The second kappa shape index (κ2) is 8.98. The first kappa shape index (κ1) is 23.6. The highest BCUT2D eigenvalue weighted by molar-refractivity contribution is 6.31. The van der Waals surface area contributed by atoms with Crippen molar-refractivity contribution in [3.05, 3.63) is 87.5 Å². The lowest BCUT2D eigenvalue weighted by Crippen LogP contribution is -2.09. The highest BCUT2D eigenvalue weighted by Crippen LogP contribution is 2.32. The van der Waals surface area contributed by atoms with E-state index in [1.165, 1.54) is 6.07 Å². The summed E-state index contributed by atoms with van der Waals surface area (Å²) < 4.78 is 46.5. The molecule has 34 heavy (non-hydrogen) atoms. The van der Waals surface area contributed by atoms with E-state index in [4.69, 9.17) is 16.3 Å². The fourth-order valence-electron chi connectivity index (χ4n) is 3.66. The van der Waals surface area contributed by atoms with Crippen molar-refractivity contribution in [1.29, 1.82) is 0 Å². The zero-order chi connectivity index (χ0) is 24.6. The molecule has 4 rings (SSSR count). The first-order valence-corrected chi connectivity index (χ1v) is 10.6. The highest BCUT2D eigenvalue weighted by Gasteiger charge is 2.31. The van der Waals surface area contributed by atoms with E-state index in [1.807, 2.05) is 6.92 Å². The van der Waals surface area contributed by atoms with Crippen molar-refractivity contribution in [1.82, 2.24) is 14.5 Å². The Morgan fingerprint density at radius 1 is 1.18 bits per heavy atom. The number of hydrogen-bond acceptors (Lipinski definition) is 4. The minimum atomic E-state index is -4.53. The molecule has 1 N–H and O–H groups in total. The predicted molar refractivity (Wildman–Crippen MR) is 120 cm³/mol. The number of aryl methyl sites for hydroxylation is 2. The number of carbonyl (C=O) groups is 1. The summed E-state index contributed by atoms with van der Waals surface area (Å²) in [7, 11) is 0. The number of carboxylic acids is 1. The fourth-order valence-corrected chi connectivity index (χ4v) is 3.89. The average Bonchev–Trinajstić information content (AvgIpc) is 3.09. The number of aromatic nitrogens is 3. The molecule has 2 heterocycles. The molecular formula is C24H19ClF3N3O3. The lowest BCUT2D eigenvalue weighted by atomic mass is 10.1. The predicted octanol–water partition coefficient (Wildman–Crippen LogP) is 6.05. The molecule has 0 saturated heterocycles. The van der Waals surface area contributed by atoms with E-state index >= 15 is 0 Å². The van der Waals surface area contributed by atoms with E-state index in [0.717, 1.165) is 17.8 Å². The number of pyridine rings is 1. The second-order valence-corrected chi connectivity index (χ2v) is 8.16. The number of hydrogen-bond donors (Lipinski definition) is 1. The summed E-state index contributed by atoms with van der Waals surface area (Å²) in [6, 6.07) is 11.0. The Bertz CT molecular complexity index is 1400. The van der Waals surface area contributed by atoms with Crippen LogP contribution in [0.1, 0.15) is 38.6 Å². The van der Waals surface area contributed by atoms with Gasteiger partial charge in [0.05, 0.1) is 39.4 Å².